The van der Waals surface area contributed by atoms with Crippen LogP contribution in [0.2, 0.25) is 0 Å². The van der Waals surface area contributed by atoms with Crippen LogP contribution in [0, 0.1) is 0 Å². The molecule has 4 rings (SSSR count). The van der Waals surface area contributed by atoms with Gasteiger partial charge < -0.3 is 10.2 Å². The number of para-hydroxylation sites is 1. The lowest BCUT2D eigenvalue weighted by atomic mass is 10.1. The Kier molecular flexibility index (Phi) is 7.23. The number of rotatable bonds is 9. The molecule has 0 fully saturated rings. The van der Waals surface area contributed by atoms with Crippen molar-refractivity contribution in [3.8, 4) is 0 Å². The number of likely N-dealkylation sites (N-methyl/N-ethyl adjacent to an activating group) is 1. The molecule has 0 bridgehead atoms. The fourth-order valence-corrected chi connectivity index (χ4v) is 5.19. The van der Waals surface area contributed by atoms with E-state index in [0.29, 0.717) is 12.1 Å². The molecule has 1 aliphatic heterocycles. The average Bonchev–Trinajstić information content (AvgIpc) is 3.40. The van der Waals surface area contributed by atoms with Crippen LogP contribution in [-0.2, 0) is 21.2 Å². The highest BCUT2D eigenvalue weighted by atomic mass is 32.2. The fourth-order valence-electron chi connectivity index (χ4n) is 3.86. The van der Waals surface area contributed by atoms with Crippen molar-refractivity contribution in [3.63, 3.8) is 0 Å². The number of amides is 1. The maximum Gasteiger partial charge on any atom is 0.244 e. The lowest BCUT2D eigenvalue weighted by Crippen LogP contribution is -2.34. The number of fused-ring (bicyclic) bond motifs is 1. The minimum Gasteiger partial charge on any atom is -0.368 e. The number of hydrogen-bond donors (Lipinski definition) is 1. The third kappa shape index (κ3) is 5.26. The molecule has 0 atom stereocenters. The molecule has 1 aliphatic rings. The molecule has 178 valence electrons. The average molecular weight is 480 g/mol. The van der Waals surface area contributed by atoms with E-state index in [2.05, 4.69) is 27.4 Å². The molecule has 1 N–H and O–H groups in total. The molecule has 0 saturated heterocycles. The van der Waals surface area contributed by atoms with Gasteiger partial charge in [-0.05, 0) is 24.1 Å². The number of nitrogens with zero attached hydrogens (tertiary/aromatic N) is 4. The zero-order valence-electron chi connectivity index (χ0n) is 19.4. The van der Waals surface area contributed by atoms with Gasteiger partial charge >= 0.3 is 0 Å². The first-order chi connectivity index (χ1) is 16.4. The highest BCUT2D eigenvalue weighted by molar-refractivity contribution is 7.89. The number of carbonyl (C=O) groups excluding carboxylic acids is 1. The van der Waals surface area contributed by atoms with E-state index in [0.717, 1.165) is 41.9 Å². The zero-order chi connectivity index (χ0) is 24.1. The van der Waals surface area contributed by atoms with E-state index in [1.165, 1.54) is 11.4 Å². The molecular formula is C25H29N5O3S. The van der Waals surface area contributed by atoms with Gasteiger partial charge in [0, 0.05) is 57.3 Å². The Labute approximate surface area is 200 Å². The van der Waals surface area contributed by atoms with Crippen LogP contribution in [-0.4, -0.2) is 74.6 Å². The molecule has 2 heterocycles. The van der Waals surface area contributed by atoms with Crippen LogP contribution < -0.4 is 5.32 Å². The molecular weight excluding hydrogens is 450 g/mol. The molecule has 9 heteroatoms. The monoisotopic (exact) mass is 479 g/mol. The van der Waals surface area contributed by atoms with Gasteiger partial charge in [0.15, 0.2) is 0 Å². The van der Waals surface area contributed by atoms with E-state index < -0.39 is 10.0 Å². The fraction of sp³-hybridized carbons (Fsp3) is 0.320. The summed E-state index contributed by atoms with van der Waals surface area (Å²) in [5, 5.41) is 4.01. The van der Waals surface area contributed by atoms with Gasteiger partial charge in [-0.3, -0.25) is 14.8 Å². The summed E-state index contributed by atoms with van der Waals surface area (Å²) >= 11 is 0. The maximum atomic E-state index is 13.1. The molecule has 0 aliphatic carbocycles. The van der Waals surface area contributed by atoms with Crippen LogP contribution in [0.3, 0.4) is 0 Å². The molecule has 34 heavy (non-hydrogen) atoms. The molecule has 0 spiro atoms. The van der Waals surface area contributed by atoms with E-state index in [9.17, 15) is 13.2 Å². The van der Waals surface area contributed by atoms with Crippen LogP contribution in [0.4, 0.5) is 0 Å². The summed E-state index contributed by atoms with van der Waals surface area (Å²) in [5.41, 5.74) is 2.63. The van der Waals surface area contributed by atoms with Crippen LogP contribution in [0.5, 0.6) is 0 Å². The molecule has 8 nitrogen and oxygen atoms in total. The van der Waals surface area contributed by atoms with Gasteiger partial charge in [0.1, 0.15) is 10.7 Å². The Hall–Kier alpha value is -3.30. The quantitative estimate of drug-likeness (QED) is 0.508. The molecule has 0 radical (unpaired) electrons. The van der Waals surface area contributed by atoms with E-state index in [1.807, 2.05) is 24.3 Å². The Balaban J connectivity index is 1.31. The summed E-state index contributed by atoms with van der Waals surface area (Å²) in [7, 11) is -0.526. The van der Waals surface area contributed by atoms with Gasteiger partial charge in [0.2, 0.25) is 15.9 Å². The summed E-state index contributed by atoms with van der Waals surface area (Å²) in [6.45, 7) is 2.33. The molecule has 1 amide bonds. The number of pyridine rings is 1. The second-order valence-electron chi connectivity index (χ2n) is 8.33. The first-order valence-corrected chi connectivity index (χ1v) is 12.7. The highest BCUT2D eigenvalue weighted by Gasteiger charge is 2.24. The van der Waals surface area contributed by atoms with Gasteiger partial charge in [0.25, 0.3) is 0 Å². The van der Waals surface area contributed by atoms with E-state index in [1.54, 1.807) is 36.3 Å². The predicted molar refractivity (Wildman–Crippen MR) is 133 cm³/mol. The summed E-state index contributed by atoms with van der Waals surface area (Å²) < 4.78 is 27.4. The van der Waals surface area contributed by atoms with E-state index in [-0.39, 0.29) is 23.8 Å². The van der Waals surface area contributed by atoms with Gasteiger partial charge in [-0.2, -0.15) is 0 Å². The van der Waals surface area contributed by atoms with Crippen molar-refractivity contribution in [2.75, 3.05) is 40.3 Å². The van der Waals surface area contributed by atoms with E-state index in [4.69, 9.17) is 0 Å². The summed E-state index contributed by atoms with van der Waals surface area (Å²) in [4.78, 5) is 23.1. The summed E-state index contributed by atoms with van der Waals surface area (Å²) in [6.07, 6.45) is 2.40. The van der Waals surface area contributed by atoms with Gasteiger partial charge in [-0.25, -0.2) is 12.7 Å². The van der Waals surface area contributed by atoms with Crippen molar-refractivity contribution in [2.45, 2.75) is 17.7 Å². The second-order valence-corrected chi connectivity index (χ2v) is 10.3. The lowest BCUT2D eigenvalue weighted by Gasteiger charge is -2.21. The van der Waals surface area contributed by atoms with Crippen molar-refractivity contribution in [3.05, 3.63) is 71.9 Å². The number of aliphatic imine (C=N–C) groups is 1. The minimum absolute atomic E-state index is 0.0958. The number of amidine groups is 1. The number of benzene rings is 2. The van der Waals surface area contributed by atoms with Crippen LogP contribution in [0.1, 0.15) is 17.5 Å². The molecule has 0 saturated carbocycles. The largest absolute Gasteiger partial charge is 0.368 e. The van der Waals surface area contributed by atoms with Gasteiger partial charge in [-0.15, -0.1) is 0 Å². The summed E-state index contributed by atoms with van der Waals surface area (Å²) in [6, 6.07) is 16.9. The van der Waals surface area contributed by atoms with Crippen molar-refractivity contribution in [1.82, 2.24) is 19.5 Å². The topological polar surface area (TPSA) is 95.0 Å². The number of sulfonamides is 1. The number of hydrogen-bond acceptors (Lipinski definition) is 6. The molecule has 3 aromatic rings. The van der Waals surface area contributed by atoms with Gasteiger partial charge in [0.05, 0.1) is 12.1 Å². The lowest BCUT2D eigenvalue weighted by molar-refractivity contribution is -0.129. The van der Waals surface area contributed by atoms with Crippen molar-refractivity contribution < 1.29 is 13.2 Å². The number of aromatic nitrogens is 1. The predicted octanol–water partition coefficient (Wildman–Crippen LogP) is 2.30. The Morgan fingerprint density at radius 1 is 1.03 bits per heavy atom. The Morgan fingerprint density at radius 3 is 2.53 bits per heavy atom. The van der Waals surface area contributed by atoms with Crippen molar-refractivity contribution in [1.29, 1.82) is 0 Å². The third-order valence-electron chi connectivity index (χ3n) is 5.99. The van der Waals surface area contributed by atoms with Crippen molar-refractivity contribution in [2.24, 2.45) is 4.99 Å². The number of nitrogens with one attached hydrogen (secondary N) is 1. The zero-order valence-corrected chi connectivity index (χ0v) is 20.3. The number of carbonyl (C=O) groups is 1. The van der Waals surface area contributed by atoms with Crippen LogP contribution in [0.15, 0.2) is 70.7 Å². The van der Waals surface area contributed by atoms with Gasteiger partial charge in [-0.1, -0.05) is 42.5 Å². The minimum atomic E-state index is -3.77. The highest BCUT2D eigenvalue weighted by Crippen LogP contribution is 2.23. The molecule has 1 aromatic heterocycles. The van der Waals surface area contributed by atoms with E-state index >= 15 is 0 Å². The molecule has 0 unspecified atom stereocenters. The standard InChI is InChI=1S/C25H29N5O3S/c1-29(17-12-19-8-10-21(11-9-19)25-27-15-16-28-25)23(31)13-18-30(2)34(32,33)22-7-3-5-20-6-4-14-26-24(20)22/h3-11,14H,12-13,15-18H2,1-2H3,(H,27,28). The normalized spacial score (nSPS) is 13.7. The Bertz CT molecular complexity index is 1300. The smallest absolute Gasteiger partial charge is 0.244 e. The third-order valence-corrected chi connectivity index (χ3v) is 7.88. The maximum absolute atomic E-state index is 13.1. The van der Waals surface area contributed by atoms with Crippen molar-refractivity contribution >= 4 is 32.7 Å². The molecule has 2 aromatic carbocycles. The Morgan fingerprint density at radius 2 is 1.79 bits per heavy atom. The van der Waals surface area contributed by atoms with Crippen LogP contribution in [0.25, 0.3) is 10.9 Å². The second kappa shape index (κ2) is 10.3. The first kappa shape index (κ1) is 23.8. The van der Waals surface area contributed by atoms with Crippen LogP contribution >= 0.6 is 0 Å². The summed E-state index contributed by atoms with van der Waals surface area (Å²) in [5.74, 6) is 0.830. The SMILES string of the molecule is CN(CCc1ccc(C2=NCCN2)cc1)C(=O)CCN(C)S(=O)(=O)c1cccc2cccnc12. The first-order valence-electron chi connectivity index (χ1n) is 11.3.